The first-order valence-electron chi connectivity index (χ1n) is 4.87. The number of rotatable bonds is 3. The zero-order chi connectivity index (χ0) is 11.5. The Balaban J connectivity index is 2.38. The minimum atomic E-state index is 0.909. The summed E-state index contributed by atoms with van der Waals surface area (Å²) in [4.78, 5) is 1.37. The van der Waals surface area contributed by atoms with Crippen molar-refractivity contribution in [3.05, 3.63) is 29.8 Å². The summed E-state index contributed by atoms with van der Waals surface area (Å²) in [6, 6.07) is 8.26. The van der Waals surface area contributed by atoms with Crippen molar-refractivity contribution in [3.63, 3.8) is 0 Å². The van der Waals surface area contributed by atoms with E-state index in [-0.39, 0.29) is 0 Å². The summed E-state index contributed by atoms with van der Waals surface area (Å²) >= 11 is 1.82. The van der Waals surface area contributed by atoms with Crippen molar-refractivity contribution in [2.75, 3.05) is 13.4 Å². The van der Waals surface area contributed by atoms with Gasteiger partial charge in [0.2, 0.25) is 0 Å². The van der Waals surface area contributed by atoms with Crippen LogP contribution in [-0.2, 0) is 0 Å². The molecule has 0 saturated carbocycles. The maximum absolute atomic E-state index is 5.16. The lowest BCUT2D eigenvalue weighted by Crippen LogP contribution is -1.82. The Bertz CT molecular complexity index is 474. The van der Waals surface area contributed by atoms with Gasteiger partial charge in [-0.15, -0.1) is 0 Å². The average Bonchev–Trinajstić information content (AvgIpc) is 2.70. The van der Waals surface area contributed by atoms with Gasteiger partial charge in [0.1, 0.15) is 10.6 Å². The molecular formula is C12H13OS3+. The minimum absolute atomic E-state index is 0.909. The van der Waals surface area contributed by atoms with Crippen molar-refractivity contribution in [1.29, 1.82) is 0 Å². The summed E-state index contributed by atoms with van der Waals surface area (Å²) in [7, 11) is 5.40. The molecule has 84 valence electrons. The molecule has 1 aromatic heterocycles. The number of benzene rings is 1. The molecule has 1 nitrogen and oxygen atoms in total. The summed E-state index contributed by atoms with van der Waals surface area (Å²) in [6.45, 7) is 2.19. The first kappa shape index (κ1) is 11.9. The van der Waals surface area contributed by atoms with Crippen LogP contribution in [0.4, 0.5) is 0 Å². The van der Waals surface area contributed by atoms with Crippen molar-refractivity contribution in [1.82, 2.24) is 0 Å². The summed E-state index contributed by atoms with van der Waals surface area (Å²) in [5.41, 5.74) is 2.67. The number of ether oxygens (including phenoxy) is 1. The van der Waals surface area contributed by atoms with Gasteiger partial charge in [-0.2, -0.15) is 0 Å². The summed E-state index contributed by atoms with van der Waals surface area (Å²) < 4.78 is 6.58. The Morgan fingerprint density at radius 3 is 2.44 bits per heavy atom. The Morgan fingerprint density at radius 2 is 1.94 bits per heavy atom. The fourth-order valence-electron chi connectivity index (χ4n) is 1.49. The third-order valence-electron chi connectivity index (χ3n) is 2.39. The lowest BCUT2D eigenvalue weighted by atomic mass is 10.1. The molecule has 4 heteroatoms. The van der Waals surface area contributed by atoms with Crippen LogP contribution in [0.3, 0.4) is 0 Å². The zero-order valence-electron chi connectivity index (χ0n) is 9.44. The normalized spacial score (nSPS) is 10.4. The molecule has 0 spiro atoms. The maximum atomic E-state index is 5.16. The van der Waals surface area contributed by atoms with Crippen LogP contribution in [0.2, 0.25) is 0 Å². The molecule has 2 rings (SSSR count). The summed E-state index contributed by atoms with van der Waals surface area (Å²) in [5.74, 6) is 0.909. The molecule has 0 amide bonds. The maximum Gasteiger partial charge on any atom is 0.308 e. The van der Waals surface area contributed by atoms with Crippen LogP contribution in [-0.4, -0.2) is 13.4 Å². The third kappa shape index (κ3) is 2.24. The minimum Gasteiger partial charge on any atom is -0.497 e. The van der Waals surface area contributed by atoms with E-state index in [1.165, 1.54) is 20.2 Å². The van der Waals surface area contributed by atoms with E-state index in [1.54, 1.807) is 7.11 Å². The number of hydrogen-bond acceptors (Lipinski definition) is 3. The second kappa shape index (κ2) is 5.17. The Morgan fingerprint density at radius 1 is 1.25 bits per heavy atom. The Labute approximate surface area is 107 Å². The third-order valence-corrected chi connectivity index (χ3v) is 6.63. The van der Waals surface area contributed by atoms with Gasteiger partial charge in [0.05, 0.1) is 7.11 Å². The predicted octanol–water partition coefficient (Wildman–Crippen LogP) is 4.80. The lowest BCUT2D eigenvalue weighted by molar-refractivity contribution is 0.415. The predicted molar refractivity (Wildman–Crippen MR) is 75.1 cm³/mol. The molecule has 0 aliphatic rings. The number of thioether (sulfide) groups is 1. The SMILES string of the molecule is COc1ccc(-c2s[s+]c(SC)c2C)cc1. The van der Waals surface area contributed by atoms with E-state index < -0.39 is 0 Å². The highest BCUT2D eigenvalue weighted by atomic mass is 32.9. The van der Waals surface area contributed by atoms with Gasteiger partial charge in [0.25, 0.3) is 4.21 Å². The van der Waals surface area contributed by atoms with Gasteiger partial charge in [-0.05, 0) is 43.0 Å². The van der Waals surface area contributed by atoms with E-state index in [4.69, 9.17) is 4.74 Å². The summed E-state index contributed by atoms with van der Waals surface area (Å²) in [6.07, 6.45) is 2.13. The number of methoxy groups -OCH3 is 1. The van der Waals surface area contributed by atoms with Gasteiger partial charge in [0, 0.05) is 5.56 Å². The monoisotopic (exact) mass is 269 g/mol. The van der Waals surface area contributed by atoms with E-state index >= 15 is 0 Å². The largest absolute Gasteiger partial charge is 0.497 e. The molecule has 0 aliphatic carbocycles. The average molecular weight is 269 g/mol. The molecule has 0 bridgehead atoms. The van der Waals surface area contributed by atoms with Gasteiger partial charge in [-0.1, -0.05) is 11.8 Å². The van der Waals surface area contributed by atoms with Crippen LogP contribution < -0.4 is 4.74 Å². The second-order valence-corrected chi connectivity index (χ2v) is 6.57. The standard InChI is InChI=1S/C12H13OS3/c1-8-11(15-16-12(8)14-3)9-4-6-10(13-2)7-5-9/h4-7H,1-3H3/q+1. The van der Waals surface area contributed by atoms with E-state index in [0.29, 0.717) is 0 Å². The fraction of sp³-hybridized carbons (Fsp3) is 0.250. The Hall–Kier alpha value is -0.580. The quantitative estimate of drug-likeness (QED) is 0.450. The van der Waals surface area contributed by atoms with Gasteiger partial charge >= 0.3 is 10.3 Å². The van der Waals surface area contributed by atoms with Crippen molar-refractivity contribution < 1.29 is 4.74 Å². The summed E-state index contributed by atoms with van der Waals surface area (Å²) in [5, 5.41) is 0. The highest BCUT2D eigenvalue weighted by Crippen LogP contribution is 2.40. The van der Waals surface area contributed by atoms with E-state index in [2.05, 4.69) is 25.3 Å². The van der Waals surface area contributed by atoms with Gasteiger partial charge in [-0.25, -0.2) is 0 Å². The zero-order valence-corrected chi connectivity index (χ0v) is 11.9. The van der Waals surface area contributed by atoms with Crippen molar-refractivity contribution in [2.45, 2.75) is 11.1 Å². The van der Waals surface area contributed by atoms with Crippen LogP contribution in [0.25, 0.3) is 10.4 Å². The number of hydrogen-bond donors (Lipinski definition) is 0. The van der Waals surface area contributed by atoms with Crippen molar-refractivity contribution in [3.8, 4) is 16.2 Å². The van der Waals surface area contributed by atoms with Gasteiger partial charge < -0.3 is 4.74 Å². The molecule has 1 aromatic carbocycles. The lowest BCUT2D eigenvalue weighted by Gasteiger charge is -2.00. The van der Waals surface area contributed by atoms with Crippen LogP contribution in [0, 0.1) is 6.92 Å². The van der Waals surface area contributed by atoms with Crippen molar-refractivity contribution in [2.24, 2.45) is 0 Å². The highest BCUT2D eigenvalue weighted by molar-refractivity contribution is 8.02. The molecule has 0 aliphatic heterocycles. The first-order chi connectivity index (χ1) is 7.76. The molecular weight excluding hydrogens is 256 g/mol. The topological polar surface area (TPSA) is 9.23 Å². The molecule has 1 heterocycles. The molecule has 0 atom stereocenters. The van der Waals surface area contributed by atoms with Gasteiger partial charge in [-0.3, -0.25) is 0 Å². The van der Waals surface area contributed by atoms with Crippen molar-refractivity contribution >= 4 is 32.4 Å². The molecule has 0 N–H and O–H groups in total. The molecule has 0 radical (unpaired) electrons. The van der Waals surface area contributed by atoms with Crippen LogP contribution >= 0.6 is 32.4 Å². The Kier molecular flexibility index (Phi) is 3.84. The van der Waals surface area contributed by atoms with Gasteiger partial charge in [0.15, 0.2) is 10.3 Å². The fourth-order valence-corrected chi connectivity index (χ4v) is 5.58. The molecule has 0 fully saturated rings. The van der Waals surface area contributed by atoms with E-state index in [1.807, 2.05) is 44.6 Å². The van der Waals surface area contributed by atoms with Crippen LogP contribution in [0.5, 0.6) is 5.75 Å². The smallest absolute Gasteiger partial charge is 0.308 e. The molecule has 2 aromatic rings. The molecule has 0 saturated heterocycles. The van der Waals surface area contributed by atoms with E-state index in [9.17, 15) is 0 Å². The van der Waals surface area contributed by atoms with E-state index in [0.717, 1.165) is 5.75 Å². The molecule has 16 heavy (non-hydrogen) atoms. The second-order valence-electron chi connectivity index (χ2n) is 3.34. The molecule has 0 unspecified atom stereocenters. The first-order valence-corrected chi connectivity index (χ1v) is 8.25. The van der Waals surface area contributed by atoms with Crippen LogP contribution in [0.15, 0.2) is 28.5 Å². The van der Waals surface area contributed by atoms with Crippen LogP contribution in [0.1, 0.15) is 5.56 Å². The highest BCUT2D eigenvalue weighted by Gasteiger charge is 2.20.